The molecule has 0 aromatic carbocycles. The minimum atomic E-state index is -4.88. The van der Waals surface area contributed by atoms with E-state index in [9.17, 15) is 43.1 Å². The number of nitrogens with zero attached hydrogens (tertiary/aromatic N) is 2. The van der Waals surface area contributed by atoms with Crippen molar-refractivity contribution in [3.05, 3.63) is 33.1 Å². The number of phosphoric ester groups is 1. The summed E-state index contributed by atoms with van der Waals surface area (Å²) in [6, 6.07) is -0.188. The number of halogens is 2. The monoisotopic (exact) mass is 735 g/mol. The van der Waals surface area contributed by atoms with Gasteiger partial charge in [0.15, 0.2) is 18.6 Å². The van der Waals surface area contributed by atoms with Gasteiger partial charge in [-0.1, -0.05) is 41.5 Å². The molecule has 1 aromatic rings. The average Bonchev–Trinajstić information content (AvgIpc) is 3.20. The number of hydrogen-bond acceptors (Lipinski definition) is 16. The van der Waals surface area contributed by atoms with Crippen LogP contribution in [0.4, 0.5) is 4.39 Å². The molecule has 2 rings (SSSR count). The Morgan fingerprint density at radius 1 is 1.00 bits per heavy atom. The highest BCUT2D eigenvalue weighted by molar-refractivity contribution is 7.48. The summed E-state index contributed by atoms with van der Waals surface area (Å²) in [6.07, 6.45) is -3.19. The lowest BCUT2D eigenvalue weighted by atomic mass is 9.88. The number of ether oxygens (including phenoxy) is 4. The predicted molar refractivity (Wildman–Crippen MR) is 164 cm³/mol. The molecule has 0 spiro atoms. The van der Waals surface area contributed by atoms with E-state index in [0.717, 1.165) is 19.2 Å². The van der Waals surface area contributed by atoms with E-state index in [1.807, 2.05) is 0 Å². The van der Waals surface area contributed by atoms with Crippen LogP contribution in [0.3, 0.4) is 0 Å². The van der Waals surface area contributed by atoms with Crippen LogP contribution in [0, 0.1) is 17.8 Å². The van der Waals surface area contributed by atoms with Crippen LogP contribution < -0.4 is 17.0 Å². The van der Waals surface area contributed by atoms with E-state index < -0.39 is 112 Å². The number of aliphatic hydroxyl groups is 2. The fraction of sp³-hybridized carbons (Fsp3) is 0.741. The minimum absolute atomic E-state index is 0. The summed E-state index contributed by atoms with van der Waals surface area (Å²) >= 11 is 0. The Bertz CT molecular complexity index is 1410. The smallest absolute Gasteiger partial charge is 0.442 e. The average molecular weight is 736 g/mol. The number of phosphoric acid groups is 1. The Morgan fingerprint density at radius 2 is 1.52 bits per heavy atom. The van der Waals surface area contributed by atoms with Crippen molar-refractivity contribution >= 4 is 38.1 Å². The second-order valence-electron chi connectivity index (χ2n) is 11.9. The van der Waals surface area contributed by atoms with Crippen LogP contribution >= 0.6 is 20.2 Å². The Morgan fingerprint density at radius 3 is 1.98 bits per heavy atom. The summed E-state index contributed by atoms with van der Waals surface area (Å²) in [7, 11) is -4.88. The second kappa shape index (κ2) is 17.8. The highest BCUT2D eigenvalue weighted by atomic mass is 35.5. The van der Waals surface area contributed by atoms with E-state index >= 15 is 0 Å². The Hall–Kier alpha value is -2.74. The third-order valence-corrected chi connectivity index (χ3v) is 8.32. The minimum Gasteiger partial charge on any atom is -0.442 e. The summed E-state index contributed by atoms with van der Waals surface area (Å²) in [4.78, 5) is 61.5. The van der Waals surface area contributed by atoms with Crippen molar-refractivity contribution in [3.8, 4) is 0 Å². The van der Waals surface area contributed by atoms with Gasteiger partial charge < -0.3 is 34.9 Å². The van der Waals surface area contributed by atoms with Crippen LogP contribution in [0.1, 0.15) is 54.7 Å². The molecule has 5 atom stereocenters. The van der Waals surface area contributed by atoms with Crippen LogP contribution in [0.2, 0.25) is 0 Å². The maximum absolute atomic E-state index is 14.7. The molecular weight excluding hydrogens is 692 g/mol. The molecule has 0 amide bonds. The summed E-state index contributed by atoms with van der Waals surface area (Å²) in [5.41, 5.74) is -1.38. The number of nitrogens with two attached hydrogens (primary N) is 1. The van der Waals surface area contributed by atoms with Crippen molar-refractivity contribution in [3.63, 3.8) is 0 Å². The first-order chi connectivity index (χ1) is 21.7. The third-order valence-electron chi connectivity index (χ3n) is 7.03. The Balaban J connectivity index is 0.0000115. The maximum Gasteiger partial charge on any atom is 0.480 e. The van der Waals surface area contributed by atoms with Crippen molar-refractivity contribution < 1.29 is 66.1 Å². The quantitative estimate of drug-likeness (QED) is 0.0864. The van der Waals surface area contributed by atoms with Gasteiger partial charge in [-0.25, -0.2) is 27.4 Å². The fourth-order valence-corrected chi connectivity index (χ4v) is 4.89. The molecule has 276 valence electrons. The van der Waals surface area contributed by atoms with Crippen LogP contribution in [0.25, 0.3) is 0 Å². The van der Waals surface area contributed by atoms with Gasteiger partial charge in [0.05, 0.1) is 18.4 Å². The zero-order valence-electron chi connectivity index (χ0n) is 27.6. The van der Waals surface area contributed by atoms with Crippen LogP contribution in [0.5, 0.6) is 0 Å². The molecule has 21 heteroatoms. The standard InChI is InChI=1S/C27H43FN3O15P.ClH/c1-15(2)19(29)22(35)40-12-31-18(32)8-9-30(25(31)37)24-26(7,38)23(36)27(10-28,46-24)11-43-47(39,44-13-41-20(33)16(3)4)45-14-42-21(34)17(5)6;/h8-9,15-17,19,23-24,36,38H,10-14,29H2,1-7H3;1H/t19-,23-,24+,26+,27+;/m0./s1. The van der Waals surface area contributed by atoms with Crippen molar-refractivity contribution in [1.29, 1.82) is 0 Å². The Labute approximate surface area is 281 Å². The first-order valence-corrected chi connectivity index (χ1v) is 15.9. The largest absolute Gasteiger partial charge is 0.480 e. The molecule has 0 aliphatic carbocycles. The topological polar surface area (TPSA) is 243 Å². The van der Waals surface area contributed by atoms with Crippen LogP contribution in [-0.4, -0.2) is 87.5 Å². The summed E-state index contributed by atoms with van der Waals surface area (Å²) in [5.74, 6) is -3.90. The van der Waals surface area contributed by atoms with Gasteiger partial charge >= 0.3 is 31.4 Å². The van der Waals surface area contributed by atoms with E-state index in [0.29, 0.717) is 9.13 Å². The molecule has 0 unspecified atom stereocenters. The molecule has 1 aliphatic heterocycles. The molecule has 1 saturated heterocycles. The van der Waals surface area contributed by atoms with Gasteiger partial charge in [-0.3, -0.25) is 28.3 Å². The predicted octanol–water partition coefficient (Wildman–Crippen LogP) is 0.736. The second-order valence-corrected chi connectivity index (χ2v) is 13.6. The molecule has 2 heterocycles. The normalized spacial score (nSPS) is 23.2. The first kappa shape index (κ1) is 43.3. The zero-order valence-corrected chi connectivity index (χ0v) is 29.3. The molecule has 4 N–H and O–H groups in total. The van der Waals surface area contributed by atoms with Crippen LogP contribution in [-0.2, 0) is 58.2 Å². The molecule has 1 fully saturated rings. The lowest BCUT2D eigenvalue weighted by Crippen LogP contribution is -2.53. The highest BCUT2D eigenvalue weighted by Gasteiger charge is 2.63. The van der Waals surface area contributed by atoms with Gasteiger partial charge in [-0.15, -0.1) is 12.4 Å². The number of carbonyl (C=O) groups excluding carboxylic acids is 3. The van der Waals surface area contributed by atoms with Crippen molar-refractivity contribution in [2.75, 3.05) is 26.9 Å². The lowest BCUT2D eigenvalue weighted by Gasteiger charge is -2.31. The maximum atomic E-state index is 14.7. The summed E-state index contributed by atoms with van der Waals surface area (Å²) < 4.78 is 64.6. The van der Waals surface area contributed by atoms with Gasteiger partial charge in [0.2, 0.25) is 13.6 Å². The van der Waals surface area contributed by atoms with Crippen molar-refractivity contribution in [1.82, 2.24) is 9.13 Å². The number of hydrogen-bond donors (Lipinski definition) is 3. The van der Waals surface area contributed by atoms with E-state index in [-0.39, 0.29) is 18.3 Å². The van der Waals surface area contributed by atoms with Crippen molar-refractivity contribution in [2.45, 2.75) is 84.8 Å². The number of esters is 3. The molecule has 48 heavy (non-hydrogen) atoms. The van der Waals surface area contributed by atoms with Gasteiger partial charge in [-0.05, 0) is 12.8 Å². The van der Waals surface area contributed by atoms with Crippen molar-refractivity contribution in [2.24, 2.45) is 23.5 Å². The molecule has 1 aromatic heterocycles. The van der Waals surface area contributed by atoms with E-state index in [1.165, 1.54) is 27.7 Å². The van der Waals surface area contributed by atoms with Gasteiger partial charge in [-0.2, -0.15) is 0 Å². The molecule has 0 radical (unpaired) electrons. The SMILES string of the molecule is CC(C)C(=O)OCOP(=O)(OCOC(=O)C(C)C)OC[C@@]1(CF)O[C@@H](n2ccc(=O)n(COC(=O)[C@@H](N)C(C)C)c2=O)[C@](C)(O)[C@@H]1O.Cl. The van der Waals surface area contributed by atoms with Gasteiger partial charge in [0, 0.05) is 12.3 Å². The molecule has 0 bridgehead atoms. The number of rotatable bonds is 17. The molecular formula is C27H44ClFN3O15P. The van der Waals surface area contributed by atoms with Gasteiger partial charge in [0.1, 0.15) is 24.4 Å². The highest BCUT2D eigenvalue weighted by Crippen LogP contribution is 2.52. The van der Waals surface area contributed by atoms with Crippen LogP contribution in [0.15, 0.2) is 21.9 Å². The lowest BCUT2D eigenvalue weighted by molar-refractivity contribution is -0.161. The van der Waals surface area contributed by atoms with E-state index in [4.69, 9.17) is 38.3 Å². The van der Waals surface area contributed by atoms with E-state index in [2.05, 4.69) is 0 Å². The number of alkyl halides is 1. The molecule has 1 aliphatic rings. The summed E-state index contributed by atoms with van der Waals surface area (Å²) in [6.45, 7) is 4.77. The first-order valence-electron chi connectivity index (χ1n) is 14.5. The Kier molecular flexibility index (Phi) is 16.0. The third kappa shape index (κ3) is 10.4. The number of aromatic nitrogens is 2. The fourth-order valence-electron chi connectivity index (χ4n) is 3.92. The molecule has 0 saturated carbocycles. The molecule has 18 nitrogen and oxygen atoms in total. The zero-order chi connectivity index (χ0) is 35.9. The number of carbonyl (C=O) groups is 3. The number of aliphatic hydroxyl groups excluding tert-OH is 1. The van der Waals surface area contributed by atoms with E-state index in [1.54, 1.807) is 13.8 Å². The summed E-state index contributed by atoms with van der Waals surface area (Å²) in [5, 5.41) is 22.3. The van der Waals surface area contributed by atoms with Gasteiger partial charge in [0.25, 0.3) is 5.56 Å².